The van der Waals surface area contributed by atoms with Crippen LogP contribution in [0.4, 0.5) is 0 Å². The van der Waals surface area contributed by atoms with E-state index in [0.717, 1.165) is 22.3 Å². The largest absolute Gasteiger partial charge is 0.192 e. The maximum absolute atomic E-state index is 10.1. The number of thiophene rings is 2. The van der Waals surface area contributed by atoms with E-state index < -0.39 is 0 Å². The van der Waals surface area contributed by atoms with Gasteiger partial charge in [0.1, 0.15) is 0 Å². The number of benzene rings is 6. The van der Waals surface area contributed by atoms with Gasteiger partial charge < -0.3 is 0 Å². The van der Waals surface area contributed by atoms with Crippen LogP contribution in [0, 0.1) is 11.3 Å². The van der Waals surface area contributed by atoms with E-state index in [1.54, 1.807) is 0 Å². The molecule has 0 fully saturated rings. The highest BCUT2D eigenvalue weighted by molar-refractivity contribution is 7.26. The predicted molar refractivity (Wildman–Crippen MR) is 173 cm³/mol. The summed E-state index contributed by atoms with van der Waals surface area (Å²) in [6.45, 7) is 0. The Kier molecular flexibility index (Phi) is 5.31. The molecule has 0 radical (unpaired) electrons. The van der Waals surface area contributed by atoms with E-state index in [0.29, 0.717) is 5.56 Å². The average Bonchev–Trinajstić information content (AvgIpc) is 3.59. The molecule has 8 rings (SSSR count). The Bertz CT molecular complexity index is 2290. The minimum atomic E-state index is 0.683. The molecule has 186 valence electrons. The molecule has 0 aliphatic rings. The van der Waals surface area contributed by atoms with E-state index in [1.165, 1.54) is 51.5 Å². The molecule has 3 heteroatoms. The topological polar surface area (TPSA) is 23.8 Å². The molecule has 0 saturated heterocycles. The first-order chi connectivity index (χ1) is 19.8. The molecule has 0 bridgehead atoms. The highest BCUT2D eigenvalue weighted by atomic mass is 32.1. The van der Waals surface area contributed by atoms with E-state index in [-0.39, 0.29) is 0 Å². The minimum absolute atomic E-state index is 0.683. The molecule has 0 saturated carbocycles. The Morgan fingerprint density at radius 1 is 0.425 bits per heavy atom. The van der Waals surface area contributed by atoms with Crippen LogP contribution in [0.3, 0.4) is 0 Å². The fourth-order valence-electron chi connectivity index (χ4n) is 6.00. The van der Waals surface area contributed by atoms with Crippen LogP contribution in [-0.2, 0) is 0 Å². The normalized spacial score (nSPS) is 11.5. The van der Waals surface area contributed by atoms with Gasteiger partial charge in [-0.1, -0.05) is 91.0 Å². The molecule has 0 N–H and O–H groups in total. The summed E-state index contributed by atoms with van der Waals surface area (Å²) in [6.07, 6.45) is 0. The molecule has 0 unspecified atom stereocenters. The average molecular weight is 544 g/mol. The van der Waals surface area contributed by atoms with Gasteiger partial charge in [-0.25, -0.2) is 0 Å². The number of hydrogen-bond acceptors (Lipinski definition) is 3. The molecule has 6 aromatic carbocycles. The number of rotatable bonds is 3. The lowest BCUT2D eigenvalue weighted by Gasteiger charge is -2.16. The van der Waals surface area contributed by atoms with Crippen molar-refractivity contribution in [3.05, 3.63) is 133 Å². The Morgan fingerprint density at radius 2 is 0.975 bits per heavy atom. The molecular weight excluding hydrogens is 523 g/mol. The molecule has 1 nitrogen and oxygen atoms in total. The summed E-state index contributed by atoms with van der Waals surface area (Å²) in [5.41, 5.74) is 7.43. The quantitative estimate of drug-likeness (QED) is 0.217. The second-order valence-corrected chi connectivity index (χ2v) is 12.1. The van der Waals surface area contributed by atoms with Crippen molar-refractivity contribution in [2.24, 2.45) is 0 Å². The van der Waals surface area contributed by atoms with Crippen molar-refractivity contribution < 1.29 is 0 Å². The Morgan fingerprint density at radius 3 is 1.68 bits per heavy atom. The standard InChI is InChI=1S/C37H21NS2/c38-22-24-9-1-2-10-25(24)31-21-23(26-13-7-17-34-36(26)29-11-3-5-15-32(29)39-34)19-20-27(31)28-14-8-18-35-37(28)30-12-4-6-16-33(30)40-35/h1-21H. The van der Waals surface area contributed by atoms with Crippen molar-refractivity contribution in [3.8, 4) is 39.4 Å². The summed E-state index contributed by atoms with van der Waals surface area (Å²) in [6, 6.07) is 47.7. The zero-order valence-corrected chi connectivity index (χ0v) is 23.0. The van der Waals surface area contributed by atoms with Crippen LogP contribution in [0.15, 0.2) is 127 Å². The second kappa shape index (κ2) is 9.17. The predicted octanol–water partition coefficient (Wildman–Crippen LogP) is 11.3. The summed E-state index contributed by atoms with van der Waals surface area (Å²) < 4.78 is 5.15. The Hall–Kier alpha value is -4.75. The fourth-order valence-corrected chi connectivity index (χ4v) is 8.26. The van der Waals surface area contributed by atoms with E-state index in [4.69, 9.17) is 0 Å². The van der Waals surface area contributed by atoms with Crippen LogP contribution in [0.5, 0.6) is 0 Å². The first-order valence-corrected chi connectivity index (χ1v) is 14.9. The fraction of sp³-hybridized carbons (Fsp3) is 0. The van der Waals surface area contributed by atoms with E-state index in [2.05, 4.69) is 115 Å². The molecule has 0 amide bonds. The van der Waals surface area contributed by atoms with Crippen molar-refractivity contribution in [2.75, 3.05) is 0 Å². The van der Waals surface area contributed by atoms with Gasteiger partial charge in [-0.05, 0) is 64.2 Å². The van der Waals surface area contributed by atoms with Crippen LogP contribution in [0.1, 0.15) is 5.56 Å². The number of nitriles is 1. The zero-order valence-electron chi connectivity index (χ0n) is 21.4. The third kappa shape index (κ3) is 3.51. The molecule has 0 spiro atoms. The third-order valence-electron chi connectivity index (χ3n) is 7.76. The van der Waals surface area contributed by atoms with Gasteiger partial charge in [-0.2, -0.15) is 5.26 Å². The van der Waals surface area contributed by atoms with Crippen molar-refractivity contribution in [3.63, 3.8) is 0 Å². The lowest BCUT2D eigenvalue weighted by Crippen LogP contribution is -1.91. The molecule has 40 heavy (non-hydrogen) atoms. The van der Waals surface area contributed by atoms with Crippen LogP contribution in [-0.4, -0.2) is 0 Å². The van der Waals surface area contributed by atoms with E-state index in [9.17, 15) is 5.26 Å². The Balaban J connectivity index is 1.45. The van der Waals surface area contributed by atoms with Crippen LogP contribution >= 0.6 is 22.7 Å². The van der Waals surface area contributed by atoms with E-state index >= 15 is 0 Å². The van der Waals surface area contributed by atoms with Crippen LogP contribution < -0.4 is 0 Å². The molecule has 0 aliphatic carbocycles. The van der Waals surface area contributed by atoms with Crippen LogP contribution in [0.2, 0.25) is 0 Å². The summed E-state index contributed by atoms with van der Waals surface area (Å²) in [7, 11) is 0. The lowest BCUT2D eigenvalue weighted by atomic mass is 9.87. The molecular formula is C37H21NS2. The summed E-state index contributed by atoms with van der Waals surface area (Å²) in [5, 5.41) is 15.2. The monoisotopic (exact) mass is 543 g/mol. The molecule has 0 aliphatic heterocycles. The highest BCUT2D eigenvalue weighted by Gasteiger charge is 2.18. The maximum atomic E-state index is 10.1. The number of fused-ring (bicyclic) bond motifs is 6. The van der Waals surface area contributed by atoms with Gasteiger partial charge in [0.2, 0.25) is 0 Å². The smallest absolute Gasteiger partial charge is 0.0998 e. The van der Waals surface area contributed by atoms with Gasteiger partial charge in [0, 0.05) is 45.9 Å². The Labute approximate surface area is 239 Å². The summed E-state index contributed by atoms with van der Waals surface area (Å²) in [5.74, 6) is 0. The van der Waals surface area contributed by atoms with Gasteiger partial charge in [-0.15, -0.1) is 22.7 Å². The van der Waals surface area contributed by atoms with Gasteiger partial charge in [0.05, 0.1) is 11.6 Å². The zero-order chi connectivity index (χ0) is 26.6. The second-order valence-electron chi connectivity index (χ2n) is 9.97. The molecule has 8 aromatic rings. The van der Waals surface area contributed by atoms with E-state index in [1.807, 2.05) is 40.9 Å². The van der Waals surface area contributed by atoms with Crippen molar-refractivity contribution in [2.45, 2.75) is 0 Å². The summed E-state index contributed by atoms with van der Waals surface area (Å²) >= 11 is 3.67. The maximum Gasteiger partial charge on any atom is 0.0998 e. The van der Waals surface area contributed by atoms with Crippen LogP contribution in [0.25, 0.3) is 73.7 Å². The van der Waals surface area contributed by atoms with Gasteiger partial charge in [-0.3, -0.25) is 0 Å². The highest BCUT2D eigenvalue weighted by Crippen LogP contribution is 2.46. The van der Waals surface area contributed by atoms with Gasteiger partial charge in [0.15, 0.2) is 0 Å². The van der Waals surface area contributed by atoms with Gasteiger partial charge in [0.25, 0.3) is 0 Å². The SMILES string of the molecule is N#Cc1ccccc1-c1cc(-c2cccc3sc4ccccc4c23)ccc1-c1cccc2sc3ccccc3c12. The van der Waals surface area contributed by atoms with Crippen molar-refractivity contribution in [1.82, 2.24) is 0 Å². The lowest BCUT2D eigenvalue weighted by molar-refractivity contribution is 1.48. The van der Waals surface area contributed by atoms with Gasteiger partial charge >= 0.3 is 0 Å². The number of nitrogens with zero attached hydrogens (tertiary/aromatic N) is 1. The minimum Gasteiger partial charge on any atom is -0.192 e. The molecule has 2 aromatic heterocycles. The first kappa shape index (κ1) is 23.2. The summed E-state index contributed by atoms with van der Waals surface area (Å²) in [4.78, 5) is 0. The third-order valence-corrected chi connectivity index (χ3v) is 10.0. The first-order valence-electron chi connectivity index (χ1n) is 13.2. The van der Waals surface area contributed by atoms with Crippen molar-refractivity contribution >= 4 is 63.0 Å². The number of hydrogen-bond donors (Lipinski definition) is 0. The molecule has 2 heterocycles. The van der Waals surface area contributed by atoms with Crippen molar-refractivity contribution in [1.29, 1.82) is 5.26 Å². The molecule has 0 atom stereocenters.